The Balaban J connectivity index is 3.09. The lowest BCUT2D eigenvalue weighted by Crippen LogP contribution is -2.15. The lowest BCUT2D eigenvalue weighted by atomic mass is 10.2. The summed E-state index contributed by atoms with van der Waals surface area (Å²) in [7, 11) is 1.41. The van der Waals surface area contributed by atoms with Crippen LogP contribution in [0.2, 0.25) is 0 Å². The predicted octanol–water partition coefficient (Wildman–Crippen LogP) is 1.27. The highest BCUT2D eigenvalue weighted by Gasteiger charge is 2.36. The van der Waals surface area contributed by atoms with E-state index in [4.69, 9.17) is 5.73 Å². The standard InChI is InChI=1S/C7H8F3N3S/c1-13-3-4(2-5(11)14)6(12-13)7(8,9)10/h3H,2H2,1H3,(H2,11,14). The summed E-state index contributed by atoms with van der Waals surface area (Å²) in [5.74, 6) is 0. The minimum atomic E-state index is -4.46. The van der Waals surface area contributed by atoms with E-state index in [1.54, 1.807) is 0 Å². The second-order valence-corrected chi connectivity index (χ2v) is 3.34. The molecule has 1 aromatic rings. The van der Waals surface area contributed by atoms with E-state index in [1.807, 2.05) is 0 Å². The molecule has 78 valence electrons. The van der Waals surface area contributed by atoms with Crippen LogP contribution >= 0.6 is 12.2 Å². The molecular formula is C7H8F3N3S. The van der Waals surface area contributed by atoms with Gasteiger partial charge in [0, 0.05) is 25.2 Å². The van der Waals surface area contributed by atoms with E-state index >= 15 is 0 Å². The van der Waals surface area contributed by atoms with Gasteiger partial charge in [-0.05, 0) is 0 Å². The first-order valence-corrected chi connectivity index (χ1v) is 4.09. The van der Waals surface area contributed by atoms with E-state index in [-0.39, 0.29) is 17.0 Å². The van der Waals surface area contributed by atoms with Gasteiger partial charge in [0.05, 0.1) is 4.99 Å². The van der Waals surface area contributed by atoms with Gasteiger partial charge in [-0.2, -0.15) is 18.3 Å². The summed E-state index contributed by atoms with van der Waals surface area (Å²) in [6.45, 7) is 0. The Labute approximate surface area is 83.7 Å². The van der Waals surface area contributed by atoms with Crippen LogP contribution in [0.4, 0.5) is 13.2 Å². The van der Waals surface area contributed by atoms with Crippen LogP contribution in [0.5, 0.6) is 0 Å². The summed E-state index contributed by atoms with van der Waals surface area (Å²) >= 11 is 4.54. The van der Waals surface area contributed by atoms with Crippen molar-refractivity contribution in [1.82, 2.24) is 9.78 Å². The molecule has 14 heavy (non-hydrogen) atoms. The second kappa shape index (κ2) is 3.56. The number of rotatable bonds is 2. The summed E-state index contributed by atoms with van der Waals surface area (Å²) in [4.78, 5) is 0.0171. The van der Waals surface area contributed by atoms with Crippen molar-refractivity contribution in [1.29, 1.82) is 0 Å². The summed E-state index contributed by atoms with van der Waals surface area (Å²) in [6, 6.07) is 0. The molecule has 1 aromatic heterocycles. The number of halogens is 3. The molecule has 7 heteroatoms. The van der Waals surface area contributed by atoms with Crippen LogP contribution in [-0.4, -0.2) is 14.8 Å². The molecule has 2 N–H and O–H groups in total. The zero-order valence-electron chi connectivity index (χ0n) is 7.30. The minimum absolute atomic E-state index is 0.00694. The van der Waals surface area contributed by atoms with Gasteiger partial charge < -0.3 is 5.73 Å². The summed E-state index contributed by atoms with van der Waals surface area (Å²) in [5, 5.41) is 3.31. The summed E-state index contributed by atoms with van der Waals surface area (Å²) in [5.41, 5.74) is 4.26. The molecule has 0 aliphatic heterocycles. The molecule has 0 saturated heterocycles. The molecule has 0 bridgehead atoms. The first-order valence-electron chi connectivity index (χ1n) is 3.68. The fourth-order valence-electron chi connectivity index (χ4n) is 1.09. The third-order valence-corrected chi connectivity index (χ3v) is 1.68. The Kier molecular flexibility index (Phi) is 2.79. The monoisotopic (exact) mass is 223 g/mol. The van der Waals surface area contributed by atoms with Crippen molar-refractivity contribution in [2.75, 3.05) is 0 Å². The number of nitrogens with zero attached hydrogens (tertiary/aromatic N) is 2. The highest BCUT2D eigenvalue weighted by Crippen LogP contribution is 2.30. The molecular weight excluding hydrogens is 215 g/mol. The van der Waals surface area contributed by atoms with Crippen molar-refractivity contribution in [2.45, 2.75) is 12.6 Å². The van der Waals surface area contributed by atoms with Crippen LogP contribution in [0, 0.1) is 0 Å². The van der Waals surface area contributed by atoms with Crippen LogP contribution in [0.25, 0.3) is 0 Å². The van der Waals surface area contributed by atoms with Gasteiger partial charge in [0.15, 0.2) is 5.69 Å². The Morgan fingerprint density at radius 2 is 2.21 bits per heavy atom. The van der Waals surface area contributed by atoms with Crippen molar-refractivity contribution >= 4 is 17.2 Å². The maximum absolute atomic E-state index is 12.4. The number of aromatic nitrogens is 2. The number of aryl methyl sites for hydroxylation is 1. The zero-order chi connectivity index (χ0) is 10.9. The van der Waals surface area contributed by atoms with Crippen molar-refractivity contribution in [3.05, 3.63) is 17.5 Å². The maximum Gasteiger partial charge on any atom is 0.435 e. The smallest absolute Gasteiger partial charge is 0.393 e. The Morgan fingerprint density at radius 1 is 1.64 bits per heavy atom. The normalized spacial score (nSPS) is 11.7. The number of thiocarbonyl (C=S) groups is 1. The van der Waals surface area contributed by atoms with Crippen LogP contribution in [-0.2, 0) is 19.6 Å². The third-order valence-electron chi connectivity index (χ3n) is 1.54. The van der Waals surface area contributed by atoms with Gasteiger partial charge in [-0.3, -0.25) is 4.68 Å². The average molecular weight is 223 g/mol. The summed E-state index contributed by atoms with van der Waals surface area (Å²) < 4.78 is 38.2. The van der Waals surface area contributed by atoms with Gasteiger partial charge >= 0.3 is 6.18 Å². The zero-order valence-corrected chi connectivity index (χ0v) is 8.11. The lowest BCUT2D eigenvalue weighted by molar-refractivity contribution is -0.141. The fourth-order valence-corrected chi connectivity index (χ4v) is 1.25. The number of alkyl halides is 3. The molecule has 0 spiro atoms. The Morgan fingerprint density at radius 3 is 2.64 bits per heavy atom. The Bertz CT molecular complexity index is 356. The van der Waals surface area contributed by atoms with E-state index in [0.717, 1.165) is 4.68 Å². The van der Waals surface area contributed by atoms with Crippen LogP contribution in [0.3, 0.4) is 0 Å². The first kappa shape index (κ1) is 11.0. The summed E-state index contributed by atoms with van der Waals surface area (Å²) in [6.07, 6.45) is -3.28. The molecule has 0 fully saturated rings. The van der Waals surface area contributed by atoms with E-state index in [2.05, 4.69) is 17.3 Å². The van der Waals surface area contributed by atoms with E-state index in [0.29, 0.717) is 0 Å². The molecule has 0 aliphatic rings. The number of hydrogen-bond donors (Lipinski definition) is 1. The van der Waals surface area contributed by atoms with Crippen LogP contribution in [0.1, 0.15) is 11.3 Å². The molecule has 0 amide bonds. The molecule has 1 rings (SSSR count). The second-order valence-electron chi connectivity index (χ2n) is 2.82. The van der Waals surface area contributed by atoms with Gasteiger partial charge in [-0.1, -0.05) is 12.2 Å². The molecule has 1 heterocycles. The number of nitrogens with two attached hydrogens (primary N) is 1. The first-order chi connectivity index (χ1) is 6.30. The predicted molar refractivity (Wildman–Crippen MR) is 48.7 cm³/mol. The SMILES string of the molecule is Cn1cc(CC(N)=S)c(C(F)(F)F)n1. The van der Waals surface area contributed by atoms with E-state index < -0.39 is 11.9 Å². The molecule has 0 aliphatic carbocycles. The Hall–Kier alpha value is -1.11. The van der Waals surface area contributed by atoms with Gasteiger partial charge in [-0.15, -0.1) is 0 Å². The van der Waals surface area contributed by atoms with Crippen LogP contribution < -0.4 is 5.73 Å². The topological polar surface area (TPSA) is 43.8 Å². The van der Waals surface area contributed by atoms with Gasteiger partial charge in [0.2, 0.25) is 0 Å². The van der Waals surface area contributed by atoms with Gasteiger partial charge in [-0.25, -0.2) is 0 Å². The maximum atomic E-state index is 12.4. The highest BCUT2D eigenvalue weighted by atomic mass is 32.1. The van der Waals surface area contributed by atoms with Crippen molar-refractivity contribution in [2.24, 2.45) is 12.8 Å². The van der Waals surface area contributed by atoms with Crippen molar-refractivity contribution in [3.8, 4) is 0 Å². The molecule has 0 aromatic carbocycles. The highest BCUT2D eigenvalue weighted by molar-refractivity contribution is 7.80. The van der Waals surface area contributed by atoms with E-state index in [9.17, 15) is 13.2 Å². The molecule has 0 radical (unpaired) electrons. The molecule has 0 atom stereocenters. The average Bonchev–Trinajstić information content (AvgIpc) is 2.28. The largest absolute Gasteiger partial charge is 0.435 e. The quantitative estimate of drug-likeness (QED) is 0.768. The molecule has 0 saturated carbocycles. The van der Waals surface area contributed by atoms with Crippen molar-refractivity contribution in [3.63, 3.8) is 0 Å². The molecule has 0 unspecified atom stereocenters. The fraction of sp³-hybridized carbons (Fsp3) is 0.429. The molecule has 3 nitrogen and oxygen atoms in total. The van der Waals surface area contributed by atoms with Gasteiger partial charge in [0.1, 0.15) is 0 Å². The lowest BCUT2D eigenvalue weighted by Gasteiger charge is -2.04. The third kappa shape index (κ3) is 2.44. The van der Waals surface area contributed by atoms with E-state index in [1.165, 1.54) is 13.2 Å². The number of hydrogen-bond acceptors (Lipinski definition) is 2. The van der Waals surface area contributed by atoms with Crippen LogP contribution in [0.15, 0.2) is 6.20 Å². The van der Waals surface area contributed by atoms with Crippen molar-refractivity contribution < 1.29 is 13.2 Å². The minimum Gasteiger partial charge on any atom is -0.393 e. The van der Waals surface area contributed by atoms with Gasteiger partial charge in [0.25, 0.3) is 0 Å².